The molecule has 3 nitrogen and oxygen atoms in total. The molecule has 0 aliphatic carbocycles. The number of hydrogen-bond donors (Lipinski definition) is 1. The van der Waals surface area contributed by atoms with Gasteiger partial charge in [0.15, 0.2) is 0 Å². The fraction of sp³-hybridized carbons (Fsp3) is 0.833. The summed E-state index contributed by atoms with van der Waals surface area (Å²) in [4.78, 5) is 0. The van der Waals surface area contributed by atoms with Gasteiger partial charge < -0.3 is 14.6 Å². The third kappa shape index (κ3) is 5.92. The van der Waals surface area contributed by atoms with Gasteiger partial charge in [0.05, 0.1) is 6.10 Å². The molecule has 15 heavy (non-hydrogen) atoms. The lowest BCUT2D eigenvalue weighted by molar-refractivity contribution is -0.107. The molecule has 1 N–H and O–H groups in total. The molecule has 0 aromatic rings. The average molecular weight is 216 g/mol. The van der Waals surface area contributed by atoms with E-state index in [4.69, 9.17) is 14.6 Å². The van der Waals surface area contributed by atoms with Gasteiger partial charge in [-0.2, -0.15) is 0 Å². The maximum absolute atomic E-state index is 9.15. The van der Waals surface area contributed by atoms with Crippen LogP contribution in [0.25, 0.3) is 0 Å². The highest BCUT2D eigenvalue weighted by molar-refractivity contribution is 4.99. The van der Waals surface area contributed by atoms with Gasteiger partial charge in [-0.3, -0.25) is 0 Å². The SMILES string of the molecule is COCO[C@H]([C@H](C)C=C(C)C)[C@@H](C)CO. The van der Waals surface area contributed by atoms with Gasteiger partial charge in [0, 0.05) is 25.6 Å². The van der Waals surface area contributed by atoms with E-state index in [1.807, 2.05) is 6.92 Å². The summed E-state index contributed by atoms with van der Waals surface area (Å²) in [5.74, 6) is 0.401. The molecule has 0 bridgehead atoms. The van der Waals surface area contributed by atoms with Gasteiger partial charge in [-0.15, -0.1) is 0 Å². The zero-order valence-corrected chi connectivity index (χ0v) is 10.5. The van der Waals surface area contributed by atoms with Crippen LogP contribution in [0, 0.1) is 11.8 Å². The normalized spacial score (nSPS) is 16.9. The maximum atomic E-state index is 9.15. The molecule has 0 heterocycles. The Morgan fingerprint density at radius 2 is 1.93 bits per heavy atom. The maximum Gasteiger partial charge on any atom is 0.146 e. The van der Waals surface area contributed by atoms with Gasteiger partial charge in [-0.1, -0.05) is 25.5 Å². The summed E-state index contributed by atoms with van der Waals surface area (Å²) in [6.07, 6.45) is 2.16. The van der Waals surface area contributed by atoms with E-state index in [2.05, 4.69) is 26.8 Å². The summed E-state index contributed by atoms with van der Waals surface area (Å²) in [7, 11) is 1.60. The summed E-state index contributed by atoms with van der Waals surface area (Å²) in [6, 6.07) is 0. The van der Waals surface area contributed by atoms with Crippen LogP contribution in [0.15, 0.2) is 11.6 Å². The van der Waals surface area contributed by atoms with Crippen molar-refractivity contribution in [3.05, 3.63) is 11.6 Å². The predicted octanol–water partition coefficient (Wildman–Crippen LogP) is 2.21. The Morgan fingerprint density at radius 1 is 1.33 bits per heavy atom. The van der Waals surface area contributed by atoms with E-state index in [1.165, 1.54) is 5.57 Å². The molecule has 0 aliphatic rings. The van der Waals surface area contributed by atoms with E-state index >= 15 is 0 Å². The van der Waals surface area contributed by atoms with Gasteiger partial charge >= 0.3 is 0 Å². The second-order valence-corrected chi connectivity index (χ2v) is 4.30. The summed E-state index contributed by atoms with van der Waals surface area (Å²) in [5, 5.41) is 9.15. The minimum atomic E-state index is 0.00449. The Hall–Kier alpha value is -0.380. The molecule has 0 radical (unpaired) electrons. The first-order chi connectivity index (χ1) is 7.02. The van der Waals surface area contributed by atoms with Crippen molar-refractivity contribution >= 4 is 0 Å². The standard InChI is InChI=1S/C12H24O3/c1-9(2)6-10(3)12(11(4)7-13)15-8-14-5/h6,10-13H,7-8H2,1-5H3/t10-,11+,12-/m1/s1. The van der Waals surface area contributed by atoms with Crippen molar-refractivity contribution in [2.75, 3.05) is 20.5 Å². The molecule has 0 saturated carbocycles. The van der Waals surface area contributed by atoms with Crippen molar-refractivity contribution in [1.29, 1.82) is 0 Å². The number of aliphatic hydroxyl groups excluding tert-OH is 1. The highest BCUT2D eigenvalue weighted by atomic mass is 16.7. The summed E-state index contributed by atoms with van der Waals surface area (Å²) < 4.78 is 10.5. The smallest absolute Gasteiger partial charge is 0.146 e. The Bertz CT molecular complexity index is 185. The van der Waals surface area contributed by atoms with Crippen molar-refractivity contribution in [3.8, 4) is 0 Å². The molecule has 0 rings (SSSR count). The third-order valence-corrected chi connectivity index (χ3v) is 2.34. The van der Waals surface area contributed by atoms with E-state index in [9.17, 15) is 0 Å². The molecule has 0 aromatic heterocycles. The number of hydrogen-bond acceptors (Lipinski definition) is 3. The molecule has 3 heteroatoms. The van der Waals surface area contributed by atoms with Gasteiger partial charge in [-0.25, -0.2) is 0 Å². The number of methoxy groups -OCH3 is 1. The third-order valence-electron chi connectivity index (χ3n) is 2.34. The monoisotopic (exact) mass is 216 g/mol. The number of aliphatic hydroxyl groups is 1. The van der Waals surface area contributed by atoms with Gasteiger partial charge in [0.1, 0.15) is 6.79 Å². The number of rotatable bonds is 7. The van der Waals surface area contributed by atoms with Gasteiger partial charge in [0.2, 0.25) is 0 Å². The summed E-state index contributed by atoms with van der Waals surface area (Å²) >= 11 is 0. The number of allylic oxidation sites excluding steroid dienone is 1. The Morgan fingerprint density at radius 3 is 2.33 bits per heavy atom. The Labute approximate surface area is 93.1 Å². The molecule has 0 fully saturated rings. The summed E-state index contributed by atoms with van der Waals surface area (Å²) in [6.45, 7) is 8.61. The highest BCUT2D eigenvalue weighted by Gasteiger charge is 2.22. The topological polar surface area (TPSA) is 38.7 Å². The van der Waals surface area contributed by atoms with Crippen molar-refractivity contribution in [2.45, 2.75) is 33.8 Å². The van der Waals surface area contributed by atoms with E-state index in [0.29, 0.717) is 0 Å². The lowest BCUT2D eigenvalue weighted by Crippen LogP contribution is -2.31. The van der Waals surface area contributed by atoms with Gasteiger partial charge in [0.25, 0.3) is 0 Å². The highest BCUT2D eigenvalue weighted by Crippen LogP contribution is 2.19. The molecular formula is C12H24O3. The lowest BCUT2D eigenvalue weighted by atomic mass is 9.92. The fourth-order valence-corrected chi connectivity index (χ4v) is 1.71. The Kier molecular flexibility index (Phi) is 7.65. The van der Waals surface area contributed by atoms with Crippen molar-refractivity contribution < 1.29 is 14.6 Å². The number of ether oxygens (including phenoxy) is 2. The van der Waals surface area contributed by atoms with Crippen LogP contribution >= 0.6 is 0 Å². The first kappa shape index (κ1) is 14.6. The molecule has 0 saturated heterocycles. The summed E-state index contributed by atoms with van der Waals surface area (Å²) in [5.41, 5.74) is 1.26. The van der Waals surface area contributed by atoms with Crippen LogP contribution in [0.3, 0.4) is 0 Å². The van der Waals surface area contributed by atoms with Crippen LogP contribution < -0.4 is 0 Å². The first-order valence-corrected chi connectivity index (χ1v) is 5.39. The second kappa shape index (κ2) is 7.85. The van der Waals surface area contributed by atoms with Crippen LogP contribution in [0.5, 0.6) is 0 Å². The van der Waals surface area contributed by atoms with E-state index in [-0.39, 0.29) is 31.3 Å². The van der Waals surface area contributed by atoms with Gasteiger partial charge in [-0.05, 0) is 13.8 Å². The largest absolute Gasteiger partial charge is 0.396 e. The molecule has 0 aromatic carbocycles. The van der Waals surface area contributed by atoms with Crippen molar-refractivity contribution in [2.24, 2.45) is 11.8 Å². The second-order valence-electron chi connectivity index (χ2n) is 4.30. The van der Waals surface area contributed by atoms with Crippen LogP contribution in [0.4, 0.5) is 0 Å². The van der Waals surface area contributed by atoms with E-state index in [1.54, 1.807) is 7.11 Å². The molecule has 0 spiro atoms. The quantitative estimate of drug-likeness (QED) is 0.524. The molecule has 90 valence electrons. The minimum Gasteiger partial charge on any atom is -0.396 e. The molecule has 0 unspecified atom stereocenters. The predicted molar refractivity (Wildman–Crippen MR) is 61.6 cm³/mol. The van der Waals surface area contributed by atoms with Crippen LogP contribution in [-0.4, -0.2) is 31.7 Å². The van der Waals surface area contributed by atoms with E-state index in [0.717, 1.165) is 0 Å². The molecule has 0 amide bonds. The van der Waals surface area contributed by atoms with Crippen LogP contribution in [-0.2, 0) is 9.47 Å². The van der Waals surface area contributed by atoms with E-state index < -0.39 is 0 Å². The van der Waals surface area contributed by atoms with Crippen molar-refractivity contribution in [3.63, 3.8) is 0 Å². The van der Waals surface area contributed by atoms with Crippen LogP contribution in [0.2, 0.25) is 0 Å². The first-order valence-electron chi connectivity index (χ1n) is 5.39. The molecular weight excluding hydrogens is 192 g/mol. The molecule has 0 aliphatic heterocycles. The lowest BCUT2D eigenvalue weighted by Gasteiger charge is -2.26. The average Bonchev–Trinajstić information content (AvgIpc) is 2.16. The molecule has 3 atom stereocenters. The minimum absolute atomic E-state index is 0.00449. The zero-order valence-electron chi connectivity index (χ0n) is 10.5. The van der Waals surface area contributed by atoms with Crippen LogP contribution in [0.1, 0.15) is 27.7 Å². The van der Waals surface area contributed by atoms with Crippen molar-refractivity contribution in [1.82, 2.24) is 0 Å². The fourth-order valence-electron chi connectivity index (χ4n) is 1.71. The zero-order chi connectivity index (χ0) is 11.8. The Balaban J connectivity index is 4.39.